The Morgan fingerprint density at radius 1 is 1.38 bits per heavy atom. The molecule has 0 aromatic carbocycles. The zero-order chi connectivity index (χ0) is 12.6. The van der Waals surface area contributed by atoms with E-state index < -0.39 is 10.0 Å². The largest absolute Gasteiger partial charge is 0.317 e. The molecule has 1 N–H and O–H groups in total. The molecule has 4 nitrogen and oxygen atoms in total. The van der Waals surface area contributed by atoms with Crippen LogP contribution in [0.1, 0.15) is 26.7 Å². The van der Waals surface area contributed by atoms with Gasteiger partial charge < -0.3 is 5.32 Å². The summed E-state index contributed by atoms with van der Waals surface area (Å²) < 4.78 is 24.9. The van der Waals surface area contributed by atoms with Crippen molar-refractivity contribution < 1.29 is 8.42 Å². The summed E-state index contributed by atoms with van der Waals surface area (Å²) in [5.74, 6) is 0.202. The second-order valence-corrected chi connectivity index (χ2v) is 6.33. The lowest BCUT2D eigenvalue weighted by atomic mass is 10.4. The second-order valence-electron chi connectivity index (χ2n) is 4.13. The highest BCUT2D eigenvalue weighted by atomic mass is 32.2. The first-order valence-corrected chi connectivity index (χ1v) is 7.30. The molecular weight excluding hydrogens is 224 g/mol. The smallest absolute Gasteiger partial charge is 0.214 e. The summed E-state index contributed by atoms with van der Waals surface area (Å²) in [6.07, 6.45) is 1.73. The Labute approximate surface area is 99.8 Å². The van der Waals surface area contributed by atoms with E-state index in [4.69, 9.17) is 0 Å². The van der Waals surface area contributed by atoms with Gasteiger partial charge in [0.2, 0.25) is 10.0 Å². The fourth-order valence-electron chi connectivity index (χ4n) is 1.32. The summed E-state index contributed by atoms with van der Waals surface area (Å²) in [5, 5.41) is 3.19. The Hall–Kier alpha value is -0.390. The molecule has 5 heteroatoms. The fourth-order valence-corrected chi connectivity index (χ4v) is 2.55. The predicted molar refractivity (Wildman–Crippen MR) is 69.0 cm³/mol. The zero-order valence-electron chi connectivity index (χ0n) is 10.6. The van der Waals surface area contributed by atoms with Gasteiger partial charge in [0.1, 0.15) is 0 Å². The molecule has 96 valence electrons. The molecule has 0 rings (SSSR count). The van der Waals surface area contributed by atoms with Gasteiger partial charge in [-0.1, -0.05) is 19.1 Å². The number of nitrogens with one attached hydrogen (secondary N) is 1. The van der Waals surface area contributed by atoms with Crippen molar-refractivity contribution in [1.29, 1.82) is 0 Å². The van der Waals surface area contributed by atoms with Gasteiger partial charge in [0.05, 0.1) is 5.75 Å². The molecule has 0 aromatic rings. The Morgan fingerprint density at radius 2 is 2.00 bits per heavy atom. The summed E-state index contributed by atoms with van der Waals surface area (Å²) in [6.45, 7) is 9.74. The number of hydrogen-bond acceptors (Lipinski definition) is 3. The first kappa shape index (κ1) is 15.6. The van der Waals surface area contributed by atoms with Gasteiger partial charge >= 0.3 is 0 Å². The van der Waals surface area contributed by atoms with Crippen molar-refractivity contribution >= 4 is 10.0 Å². The van der Waals surface area contributed by atoms with E-state index in [2.05, 4.69) is 18.8 Å². The van der Waals surface area contributed by atoms with E-state index in [9.17, 15) is 8.42 Å². The number of nitrogens with zero attached hydrogens (tertiary/aromatic N) is 1. The van der Waals surface area contributed by atoms with Gasteiger partial charge in [0.15, 0.2) is 0 Å². The van der Waals surface area contributed by atoms with Crippen molar-refractivity contribution in [3.8, 4) is 0 Å². The Morgan fingerprint density at radius 3 is 2.50 bits per heavy atom. The molecule has 0 unspecified atom stereocenters. The van der Waals surface area contributed by atoms with Crippen LogP contribution in [-0.2, 0) is 10.0 Å². The molecule has 0 saturated heterocycles. The van der Waals surface area contributed by atoms with E-state index in [1.165, 1.54) is 4.31 Å². The molecule has 0 aliphatic heterocycles. The lowest BCUT2D eigenvalue weighted by Crippen LogP contribution is -2.31. The van der Waals surface area contributed by atoms with Crippen LogP contribution in [0.4, 0.5) is 0 Å². The van der Waals surface area contributed by atoms with Crippen molar-refractivity contribution in [3.05, 3.63) is 12.2 Å². The highest BCUT2D eigenvalue weighted by Crippen LogP contribution is 2.03. The maximum absolute atomic E-state index is 11.8. The summed E-state index contributed by atoms with van der Waals surface area (Å²) in [6, 6.07) is 0. The maximum Gasteiger partial charge on any atom is 0.214 e. The minimum absolute atomic E-state index is 0.202. The van der Waals surface area contributed by atoms with Crippen molar-refractivity contribution in [2.24, 2.45) is 0 Å². The molecule has 0 saturated carbocycles. The third kappa shape index (κ3) is 6.98. The van der Waals surface area contributed by atoms with Gasteiger partial charge in [0, 0.05) is 13.6 Å². The third-order valence-electron chi connectivity index (χ3n) is 2.15. The minimum Gasteiger partial charge on any atom is -0.317 e. The first-order valence-electron chi connectivity index (χ1n) is 5.69. The quantitative estimate of drug-likeness (QED) is 0.493. The topological polar surface area (TPSA) is 49.4 Å². The summed E-state index contributed by atoms with van der Waals surface area (Å²) in [5.41, 5.74) is 0.857. The maximum atomic E-state index is 11.8. The standard InChI is InChI=1S/C11H24N2O2S/c1-5-7-12-8-6-9-16(14,15)13(4)10-11(2)3/h12H,2,5-10H2,1,3-4H3. The molecule has 0 fully saturated rings. The van der Waals surface area contributed by atoms with E-state index in [-0.39, 0.29) is 5.75 Å². The Bertz CT molecular complexity index is 299. The summed E-state index contributed by atoms with van der Waals surface area (Å²) in [4.78, 5) is 0. The third-order valence-corrected chi connectivity index (χ3v) is 4.03. The van der Waals surface area contributed by atoms with E-state index in [0.717, 1.165) is 25.1 Å². The minimum atomic E-state index is -3.11. The van der Waals surface area contributed by atoms with Crippen LogP contribution in [0.25, 0.3) is 0 Å². The number of likely N-dealkylation sites (N-methyl/N-ethyl adjacent to an activating group) is 1. The summed E-state index contributed by atoms with van der Waals surface area (Å²) >= 11 is 0. The van der Waals surface area contributed by atoms with Crippen molar-refractivity contribution in [2.75, 3.05) is 32.4 Å². The molecule has 0 aliphatic rings. The molecule has 0 spiro atoms. The van der Waals surface area contributed by atoms with Crippen molar-refractivity contribution in [2.45, 2.75) is 26.7 Å². The van der Waals surface area contributed by atoms with Crippen LogP contribution in [0.3, 0.4) is 0 Å². The first-order chi connectivity index (χ1) is 7.40. The predicted octanol–water partition coefficient (Wildman–Crippen LogP) is 1.21. The molecule has 0 radical (unpaired) electrons. The van der Waals surface area contributed by atoms with Gasteiger partial charge in [-0.3, -0.25) is 0 Å². The molecule has 0 aliphatic carbocycles. The molecule has 0 atom stereocenters. The Kier molecular flexibility index (Phi) is 7.62. The molecule has 0 aromatic heterocycles. The molecule has 0 heterocycles. The van der Waals surface area contributed by atoms with E-state index in [1.807, 2.05) is 6.92 Å². The number of hydrogen-bond donors (Lipinski definition) is 1. The van der Waals surface area contributed by atoms with Gasteiger partial charge in [-0.2, -0.15) is 0 Å². The van der Waals surface area contributed by atoms with E-state index in [0.29, 0.717) is 13.0 Å². The molecular formula is C11H24N2O2S. The van der Waals surface area contributed by atoms with Crippen LogP contribution >= 0.6 is 0 Å². The SMILES string of the molecule is C=C(C)CN(C)S(=O)(=O)CCCNCCC. The average molecular weight is 248 g/mol. The van der Waals surface area contributed by atoms with Gasteiger partial charge in [-0.15, -0.1) is 0 Å². The van der Waals surface area contributed by atoms with Crippen molar-refractivity contribution in [3.63, 3.8) is 0 Å². The molecule has 0 bridgehead atoms. The van der Waals surface area contributed by atoms with Crippen molar-refractivity contribution in [1.82, 2.24) is 9.62 Å². The summed E-state index contributed by atoms with van der Waals surface area (Å²) in [7, 11) is -1.51. The number of sulfonamides is 1. The van der Waals surface area contributed by atoms with Crippen LogP contribution in [-0.4, -0.2) is 45.2 Å². The van der Waals surface area contributed by atoms with Crippen LogP contribution in [0.15, 0.2) is 12.2 Å². The average Bonchev–Trinajstić information content (AvgIpc) is 2.16. The monoisotopic (exact) mass is 248 g/mol. The van der Waals surface area contributed by atoms with Crippen LogP contribution in [0.2, 0.25) is 0 Å². The van der Waals surface area contributed by atoms with Gasteiger partial charge in [-0.25, -0.2) is 12.7 Å². The van der Waals surface area contributed by atoms with Gasteiger partial charge in [0.25, 0.3) is 0 Å². The lowest BCUT2D eigenvalue weighted by Gasteiger charge is -2.17. The Balaban J connectivity index is 3.91. The highest BCUT2D eigenvalue weighted by molar-refractivity contribution is 7.89. The highest BCUT2D eigenvalue weighted by Gasteiger charge is 2.16. The molecule has 0 amide bonds. The van der Waals surface area contributed by atoms with E-state index in [1.54, 1.807) is 7.05 Å². The lowest BCUT2D eigenvalue weighted by molar-refractivity contribution is 0.490. The zero-order valence-corrected chi connectivity index (χ0v) is 11.4. The fraction of sp³-hybridized carbons (Fsp3) is 0.818. The van der Waals surface area contributed by atoms with E-state index >= 15 is 0 Å². The van der Waals surface area contributed by atoms with Crippen LogP contribution in [0, 0.1) is 0 Å². The normalized spacial score (nSPS) is 12.0. The van der Waals surface area contributed by atoms with Crippen LogP contribution in [0.5, 0.6) is 0 Å². The second kappa shape index (κ2) is 7.81. The van der Waals surface area contributed by atoms with Gasteiger partial charge in [-0.05, 0) is 32.9 Å². The molecule has 16 heavy (non-hydrogen) atoms. The van der Waals surface area contributed by atoms with Crippen LogP contribution < -0.4 is 5.32 Å². The number of rotatable bonds is 9.